The summed E-state index contributed by atoms with van der Waals surface area (Å²) in [5.74, 6) is -0.145. The number of hydrogen-bond donors (Lipinski definition) is 1. The molecule has 0 fully saturated rings. The normalized spacial score (nSPS) is 10.7. The number of benzene rings is 1. The Morgan fingerprint density at radius 3 is 2.69 bits per heavy atom. The van der Waals surface area contributed by atoms with Crippen LogP contribution in [0.1, 0.15) is 5.56 Å². The summed E-state index contributed by atoms with van der Waals surface area (Å²) in [5, 5.41) is 14.9. The van der Waals surface area contributed by atoms with Gasteiger partial charge < -0.3 is 5.21 Å². The molecular formula is C7H5ClN4O. The molecule has 0 aliphatic carbocycles. The molecule has 0 aromatic heterocycles. The first kappa shape index (κ1) is 9.38. The number of halogens is 1. The van der Waals surface area contributed by atoms with Crippen LogP contribution >= 0.6 is 11.6 Å². The van der Waals surface area contributed by atoms with Gasteiger partial charge in [-0.2, -0.15) is 0 Å². The molecule has 1 rings (SSSR count). The van der Waals surface area contributed by atoms with E-state index in [1.165, 1.54) is 0 Å². The lowest BCUT2D eigenvalue weighted by Gasteiger charge is -1.99. The zero-order valence-corrected chi connectivity index (χ0v) is 7.18. The number of nitrogens with zero attached hydrogens (tertiary/aromatic N) is 4. The largest absolute Gasteiger partial charge is 0.410 e. The van der Waals surface area contributed by atoms with Gasteiger partial charge in [0.2, 0.25) is 0 Å². The highest BCUT2D eigenvalue weighted by Crippen LogP contribution is 2.16. The van der Waals surface area contributed by atoms with Gasteiger partial charge in [0, 0.05) is 15.5 Å². The number of oxime groups is 1. The van der Waals surface area contributed by atoms with Crippen molar-refractivity contribution in [3.63, 3.8) is 0 Å². The molecule has 0 unspecified atom stereocenters. The van der Waals surface area contributed by atoms with Crippen molar-refractivity contribution < 1.29 is 5.21 Å². The van der Waals surface area contributed by atoms with Gasteiger partial charge in [-0.25, -0.2) is 0 Å². The molecule has 1 aromatic rings. The standard InChI is InChI=1S/C7H5ClN4O/c8-6-4-2-1-3-5(6)7(11-13)10-12-9/h1-4,13H/b11-7-. The fourth-order valence-corrected chi connectivity index (χ4v) is 1.03. The lowest BCUT2D eigenvalue weighted by atomic mass is 10.2. The molecule has 6 heteroatoms. The molecule has 66 valence electrons. The molecule has 0 heterocycles. The molecule has 0 atom stereocenters. The number of azide groups is 1. The van der Waals surface area contributed by atoms with Gasteiger partial charge in [-0.1, -0.05) is 35.0 Å². The average Bonchev–Trinajstić information content (AvgIpc) is 2.16. The molecule has 0 amide bonds. The number of hydrogen-bond acceptors (Lipinski definition) is 2. The second kappa shape index (κ2) is 4.35. The van der Waals surface area contributed by atoms with E-state index < -0.39 is 0 Å². The Bertz CT molecular complexity index is 384. The predicted molar refractivity (Wildman–Crippen MR) is 48.9 cm³/mol. The van der Waals surface area contributed by atoms with Gasteiger partial charge in [-0.3, -0.25) is 0 Å². The molecule has 0 aliphatic heterocycles. The lowest BCUT2D eigenvalue weighted by molar-refractivity contribution is 0.318. The van der Waals surface area contributed by atoms with Gasteiger partial charge in [0.1, 0.15) is 0 Å². The first-order valence-electron chi connectivity index (χ1n) is 3.31. The smallest absolute Gasteiger partial charge is 0.174 e. The Morgan fingerprint density at radius 1 is 1.46 bits per heavy atom. The van der Waals surface area contributed by atoms with Gasteiger partial charge in [0.15, 0.2) is 5.84 Å². The summed E-state index contributed by atoms with van der Waals surface area (Å²) < 4.78 is 0. The maximum absolute atomic E-state index is 8.50. The highest BCUT2D eigenvalue weighted by Gasteiger charge is 2.05. The molecule has 1 N–H and O–H groups in total. The summed E-state index contributed by atoms with van der Waals surface area (Å²) in [6.45, 7) is 0. The van der Waals surface area contributed by atoms with Crippen molar-refractivity contribution in [2.45, 2.75) is 0 Å². The summed E-state index contributed by atoms with van der Waals surface area (Å²) in [4.78, 5) is 2.50. The van der Waals surface area contributed by atoms with Crippen molar-refractivity contribution in [3.05, 3.63) is 45.3 Å². The van der Waals surface area contributed by atoms with Crippen LogP contribution < -0.4 is 0 Å². The van der Waals surface area contributed by atoms with Crippen LogP contribution in [0.3, 0.4) is 0 Å². The third-order valence-electron chi connectivity index (χ3n) is 1.35. The minimum Gasteiger partial charge on any atom is -0.410 e. The Labute approximate surface area is 78.9 Å². The summed E-state index contributed by atoms with van der Waals surface area (Å²) in [7, 11) is 0. The minimum absolute atomic E-state index is 0.145. The summed E-state index contributed by atoms with van der Waals surface area (Å²) in [6.07, 6.45) is 0. The molecule has 13 heavy (non-hydrogen) atoms. The second-order valence-corrected chi connectivity index (χ2v) is 2.50. The van der Waals surface area contributed by atoms with Crippen LogP contribution in [0.5, 0.6) is 0 Å². The Balaban J connectivity index is 3.20. The molecule has 1 aromatic carbocycles. The quantitative estimate of drug-likeness (QED) is 0.140. The maximum Gasteiger partial charge on any atom is 0.174 e. The van der Waals surface area contributed by atoms with E-state index in [0.717, 1.165) is 0 Å². The van der Waals surface area contributed by atoms with Crippen molar-refractivity contribution in [1.29, 1.82) is 0 Å². The lowest BCUT2D eigenvalue weighted by Crippen LogP contribution is -1.96. The second-order valence-electron chi connectivity index (χ2n) is 2.09. The van der Waals surface area contributed by atoms with Crippen molar-refractivity contribution >= 4 is 17.4 Å². The highest BCUT2D eigenvalue weighted by atomic mass is 35.5. The number of amidine groups is 1. The topological polar surface area (TPSA) is 81.4 Å². The van der Waals surface area contributed by atoms with Gasteiger partial charge in [-0.05, 0) is 16.7 Å². The molecule has 0 spiro atoms. The SMILES string of the molecule is [N-]=[N+]=N/C(=N\O)c1ccccc1Cl. The molecule has 0 bridgehead atoms. The molecule has 0 radical (unpaired) electrons. The van der Waals surface area contributed by atoms with E-state index in [2.05, 4.69) is 15.2 Å². The highest BCUT2D eigenvalue weighted by molar-refractivity contribution is 6.34. The zero-order chi connectivity index (χ0) is 9.68. The van der Waals surface area contributed by atoms with E-state index >= 15 is 0 Å². The number of rotatable bonds is 1. The third-order valence-corrected chi connectivity index (χ3v) is 1.68. The summed E-state index contributed by atoms with van der Waals surface area (Å²) >= 11 is 5.76. The molecular weight excluding hydrogens is 192 g/mol. The first-order valence-corrected chi connectivity index (χ1v) is 3.69. The van der Waals surface area contributed by atoms with Crippen molar-refractivity contribution in [2.75, 3.05) is 0 Å². The zero-order valence-electron chi connectivity index (χ0n) is 6.42. The first-order chi connectivity index (χ1) is 6.29. The summed E-state index contributed by atoms with van der Waals surface area (Å²) in [6, 6.07) is 6.61. The van der Waals surface area contributed by atoms with Crippen molar-refractivity contribution in [1.82, 2.24) is 0 Å². The fourth-order valence-electron chi connectivity index (χ4n) is 0.813. The van der Waals surface area contributed by atoms with Gasteiger partial charge in [0.05, 0.1) is 0 Å². The van der Waals surface area contributed by atoms with Crippen molar-refractivity contribution in [3.8, 4) is 0 Å². The summed E-state index contributed by atoms with van der Waals surface area (Å²) in [5.41, 5.74) is 8.54. The van der Waals surface area contributed by atoms with E-state index in [0.29, 0.717) is 10.6 Å². The van der Waals surface area contributed by atoms with Gasteiger partial charge >= 0.3 is 0 Å². The Hall–Kier alpha value is -1.71. The van der Waals surface area contributed by atoms with Crippen LogP contribution in [-0.2, 0) is 0 Å². The van der Waals surface area contributed by atoms with Crippen LogP contribution in [0.25, 0.3) is 10.4 Å². The molecule has 0 saturated heterocycles. The molecule has 0 aliphatic rings. The van der Waals surface area contributed by atoms with E-state index in [4.69, 9.17) is 22.3 Å². The van der Waals surface area contributed by atoms with Crippen LogP contribution in [0.2, 0.25) is 5.02 Å². The van der Waals surface area contributed by atoms with Crippen LogP contribution in [0.4, 0.5) is 0 Å². The molecule has 0 saturated carbocycles. The van der Waals surface area contributed by atoms with E-state index in [1.54, 1.807) is 24.3 Å². The predicted octanol–water partition coefficient (Wildman–Crippen LogP) is 2.79. The van der Waals surface area contributed by atoms with Crippen LogP contribution in [0, 0.1) is 0 Å². The fraction of sp³-hybridized carbons (Fsp3) is 0. The Morgan fingerprint density at radius 2 is 2.15 bits per heavy atom. The van der Waals surface area contributed by atoms with Gasteiger partial charge in [0.25, 0.3) is 0 Å². The monoisotopic (exact) mass is 196 g/mol. The van der Waals surface area contributed by atoms with E-state index in [9.17, 15) is 0 Å². The van der Waals surface area contributed by atoms with Crippen molar-refractivity contribution in [2.24, 2.45) is 10.3 Å². The molecule has 5 nitrogen and oxygen atoms in total. The van der Waals surface area contributed by atoms with E-state index in [-0.39, 0.29) is 5.84 Å². The van der Waals surface area contributed by atoms with Gasteiger partial charge in [-0.15, -0.1) is 0 Å². The van der Waals surface area contributed by atoms with Crippen LogP contribution in [-0.4, -0.2) is 11.0 Å². The average molecular weight is 197 g/mol. The van der Waals surface area contributed by atoms with Crippen LogP contribution in [0.15, 0.2) is 34.5 Å². The van der Waals surface area contributed by atoms with E-state index in [1.807, 2.05) is 0 Å². The minimum atomic E-state index is -0.145. The maximum atomic E-state index is 8.50. The Kier molecular flexibility index (Phi) is 3.14. The third kappa shape index (κ3) is 2.11.